The number of carbonyl (C=O) groups is 2. The molecule has 1 atom stereocenters. The van der Waals surface area contributed by atoms with Crippen LogP contribution in [0.2, 0.25) is 36.3 Å². The van der Waals surface area contributed by atoms with Gasteiger partial charge in [-0.1, -0.05) is 47.6 Å². The summed E-state index contributed by atoms with van der Waals surface area (Å²) in [6.45, 7) is 26.9. The van der Waals surface area contributed by atoms with Crippen LogP contribution in [0.1, 0.15) is 67.9 Å². The molecule has 2 N–H and O–H groups in total. The zero-order valence-electron chi connectivity index (χ0n) is 24.0. The highest BCUT2D eigenvalue weighted by Gasteiger charge is 2.42. The highest BCUT2D eigenvalue weighted by molar-refractivity contribution is 6.75. The number of carboxylic acid groups (broad SMARTS) is 1. The van der Waals surface area contributed by atoms with Gasteiger partial charge in [0.2, 0.25) is 0 Å². The Hall–Kier alpha value is -2.01. The third kappa shape index (κ3) is 9.18. The van der Waals surface area contributed by atoms with Crippen LogP contribution in [0.4, 0.5) is 4.79 Å². The van der Waals surface area contributed by atoms with E-state index in [2.05, 4.69) is 73.0 Å². The number of carboxylic acids is 1. The molecule has 0 saturated heterocycles. The summed E-state index contributed by atoms with van der Waals surface area (Å²) in [6, 6.07) is 4.42. The first-order valence-electron chi connectivity index (χ1n) is 12.2. The largest absolute Gasteiger partial charge is 0.541 e. The van der Waals surface area contributed by atoms with E-state index < -0.39 is 40.3 Å². The molecule has 0 bridgehead atoms. The average Bonchev–Trinajstić information content (AvgIpc) is 2.59. The van der Waals surface area contributed by atoms with Gasteiger partial charge in [-0.2, -0.15) is 0 Å². The van der Waals surface area contributed by atoms with E-state index >= 15 is 0 Å². The average molecular weight is 526 g/mol. The van der Waals surface area contributed by atoms with Crippen molar-refractivity contribution in [2.45, 2.75) is 117 Å². The van der Waals surface area contributed by atoms with E-state index in [9.17, 15) is 14.7 Å². The molecular weight excluding hydrogens is 478 g/mol. The van der Waals surface area contributed by atoms with E-state index in [0.29, 0.717) is 11.5 Å². The van der Waals surface area contributed by atoms with Gasteiger partial charge < -0.3 is 24.0 Å². The molecule has 9 heteroatoms. The molecule has 0 fully saturated rings. The lowest BCUT2D eigenvalue weighted by atomic mass is 10.1. The summed E-state index contributed by atoms with van der Waals surface area (Å²) in [5.41, 5.74) is 0.00444. The number of ether oxygens (including phenoxy) is 1. The molecule has 1 amide bonds. The monoisotopic (exact) mass is 525 g/mol. The fraction of sp³-hybridized carbons (Fsp3) is 0.692. The number of carbonyl (C=O) groups excluding carboxylic acids is 1. The summed E-state index contributed by atoms with van der Waals surface area (Å²) >= 11 is 0. The van der Waals surface area contributed by atoms with Gasteiger partial charge in [-0.3, -0.25) is 0 Å². The maximum Gasteiger partial charge on any atom is 0.408 e. The van der Waals surface area contributed by atoms with Crippen LogP contribution < -0.4 is 14.2 Å². The molecule has 200 valence electrons. The molecule has 1 rings (SSSR count). The van der Waals surface area contributed by atoms with Gasteiger partial charge in [-0.05, 0) is 74.7 Å². The number of hydrogen-bond acceptors (Lipinski definition) is 5. The second kappa shape index (κ2) is 10.5. The minimum Gasteiger partial charge on any atom is -0.541 e. The number of rotatable bonds is 8. The van der Waals surface area contributed by atoms with Crippen LogP contribution in [0.15, 0.2) is 18.2 Å². The third-order valence-electron chi connectivity index (χ3n) is 6.78. The van der Waals surface area contributed by atoms with Crippen LogP contribution >= 0.6 is 0 Å². The van der Waals surface area contributed by atoms with E-state index in [-0.39, 0.29) is 16.5 Å². The maximum atomic E-state index is 12.2. The lowest BCUT2D eigenvalue weighted by Crippen LogP contribution is -2.46. The van der Waals surface area contributed by atoms with Crippen molar-refractivity contribution in [3.63, 3.8) is 0 Å². The predicted molar refractivity (Wildman–Crippen MR) is 147 cm³/mol. The first-order valence-corrected chi connectivity index (χ1v) is 18.0. The number of aliphatic carboxylic acids is 1. The van der Waals surface area contributed by atoms with Crippen LogP contribution in [0.25, 0.3) is 0 Å². The Balaban J connectivity index is 3.37. The molecule has 35 heavy (non-hydrogen) atoms. The molecular formula is C26H47NO6Si2. The Morgan fingerprint density at radius 3 is 1.71 bits per heavy atom. The summed E-state index contributed by atoms with van der Waals surface area (Å²) in [5.74, 6) is 0.168. The van der Waals surface area contributed by atoms with Crippen LogP contribution in [0.3, 0.4) is 0 Å². The van der Waals surface area contributed by atoms with Crippen molar-refractivity contribution in [2.75, 3.05) is 0 Å². The van der Waals surface area contributed by atoms with E-state index in [1.807, 2.05) is 18.2 Å². The van der Waals surface area contributed by atoms with Gasteiger partial charge >= 0.3 is 12.1 Å². The van der Waals surface area contributed by atoms with Gasteiger partial charge in [-0.25, -0.2) is 9.59 Å². The number of benzene rings is 1. The van der Waals surface area contributed by atoms with Gasteiger partial charge in [0, 0.05) is 6.42 Å². The van der Waals surface area contributed by atoms with Crippen molar-refractivity contribution in [3.8, 4) is 11.5 Å². The summed E-state index contributed by atoms with van der Waals surface area (Å²) in [4.78, 5) is 24.1. The number of alkyl carbamates (subject to hydrolysis) is 1. The van der Waals surface area contributed by atoms with Crippen molar-refractivity contribution in [1.82, 2.24) is 5.32 Å². The van der Waals surface area contributed by atoms with Crippen molar-refractivity contribution in [2.24, 2.45) is 0 Å². The van der Waals surface area contributed by atoms with Crippen LogP contribution in [-0.2, 0) is 16.0 Å². The first-order chi connectivity index (χ1) is 15.5. The standard InChI is InChI=1S/C26H47NO6Si2/c1-24(2,3)31-23(30)27-19(22(28)29)16-18-14-15-20(32-34(10,11)25(4,5)6)21(17-18)33-35(12,13)26(7,8)9/h14-15,17,19H,16H2,1-13H3,(H,27,30)(H,28,29). The minimum absolute atomic E-state index is 0.00561. The Kier molecular flexibility index (Phi) is 9.34. The second-order valence-electron chi connectivity index (χ2n) is 13.2. The SMILES string of the molecule is CC(C)(C)OC(=O)NC(Cc1ccc(O[Si](C)(C)C(C)(C)C)c(O[Si](C)(C)C(C)(C)C)c1)C(=O)O. The molecule has 0 radical (unpaired) electrons. The fourth-order valence-electron chi connectivity index (χ4n) is 2.59. The lowest BCUT2D eigenvalue weighted by molar-refractivity contribution is -0.139. The summed E-state index contributed by atoms with van der Waals surface area (Å²) < 4.78 is 18.5. The van der Waals surface area contributed by atoms with Gasteiger partial charge in [-0.15, -0.1) is 0 Å². The minimum atomic E-state index is -2.21. The molecule has 0 aliphatic carbocycles. The molecule has 0 saturated carbocycles. The van der Waals surface area contributed by atoms with Crippen LogP contribution in [0.5, 0.6) is 11.5 Å². The predicted octanol–water partition coefficient (Wildman–Crippen LogP) is 6.98. The van der Waals surface area contributed by atoms with E-state index in [4.69, 9.17) is 13.6 Å². The van der Waals surface area contributed by atoms with Crippen molar-refractivity contribution in [3.05, 3.63) is 23.8 Å². The van der Waals surface area contributed by atoms with Crippen molar-refractivity contribution < 1.29 is 28.3 Å². The van der Waals surface area contributed by atoms with Gasteiger partial charge in [0.1, 0.15) is 23.1 Å². The molecule has 0 heterocycles. The number of hydrogen-bond donors (Lipinski definition) is 2. The van der Waals surface area contributed by atoms with Crippen molar-refractivity contribution in [1.29, 1.82) is 0 Å². The fourth-order valence-corrected chi connectivity index (χ4v) is 4.63. The Labute approximate surface area is 214 Å². The Morgan fingerprint density at radius 1 is 0.857 bits per heavy atom. The van der Waals surface area contributed by atoms with Gasteiger partial charge in [0.25, 0.3) is 16.6 Å². The molecule has 1 aromatic rings. The molecule has 7 nitrogen and oxygen atoms in total. The third-order valence-corrected chi connectivity index (χ3v) is 15.5. The number of nitrogens with one attached hydrogen (secondary N) is 1. The van der Waals surface area contributed by atoms with E-state index in [0.717, 1.165) is 5.56 Å². The topological polar surface area (TPSA) is 94.1 Å². The van der Waals surface area contributed by atoms with E-state index in [1.54, 1.807) is 20.8 Å². The van der Waals surface area contributed by atoms with Crippen LogP contribution in [0, 0.1) is 0 Å². The molecule has 0 aromatic heterocycles. The van der Waals surface area contributed by atoms with Gasteiger partial charge in [0.15, 0.2) is 0 Å². The molecule has 0 spiro atoms. The summed E-state index contributed by atoms with van der Waals surface area (Å²) in [6.07, 6.45) is -0.677. The normalized spacial score (nSPS) is 14.2. The molecule has 0 aliphatic rings. The van der Waals surface area contributed by atoms with E-state index in [1.165, 1.54) is 0 Å². The van der Waals surface area contributed by atoms with Gasteiger partial charge in [0.05, 0.1) is 0 Å². The highest BCUT2D eigenvalue weighted by Crippen LogP contribution is 2.43. The Morgan fingerprint density at radius 2 is 1.31 bits per heavy atom. The lowest BCUT2D eigenvalue weighted by Gasteiger charge is -2.39. The van der Waals surface area contributed by atoms with Crippen molar-refractivity contribution >= 4 is 28.7 Å². The second-order valence-corrected chi connectivity index (χ2v) is 22.7. The highest BCUT2D eigenvalue weighted by atomic mass is 28.4. The Bertz CT molecular complexity index is 908. The zero-order valence-corrected chi connectivity index (χ0v) is 26.0. The molecule has 0 aliphatic heterocycles. The van der Waals surface area contributed by atoms with Crippen LogP contribution in [-0.4, -0.2) is 45.4 Å². The number of amides is 1. The molecule has 1 aromatic carbocycles. The molecule has 1 unspecified atom stereocenters. The first kappa shape index (κ1) is 31.0. The quantitative estimate of drug-likeness (QED) is 0.356. The summed E-state index contributed by atoms with van der Waals surface area (Å²) in [5, 5.41) is 12.2. The zero-order chi connectivity index (χ0) is 27.6. The summed E-state index contributed by atoms with van der Waals surface area (Å²) in [7, 11) is -4.35. The maximum absolute atomic E-state index is 12.2. The smallest absolute Gasteiger partial charge is 0.408 e.